The summed E-state index contributed by atoms with van der Waals surface area (Å²) in [6.45, 7) is 1.05. The number of likely N-dealkylation sites (N-methyl/N-ethyl adjacent to an activating group) is 1. The molecule has 0 bridgehead atoms. The normalized spacial score (nSPS) is 32.4. The molecule has 4 heteroatoms. The monoisotopic (exact) mass is 197 g/mol. The van der Waals surface area contributed by atoms with Gasteiger partial charge in [0.25, 0.3) is 0 Å². The van der Waals surface area contributed by atoms with Crippen LogP contribution in [0, 0.1) is 0 Å². The van der Waals surface area contributed by atoms with E-state index in [1.807, 2.05) is 0 Å². The molecule has 0 aromatic heterocycles. The molecule has 1 heterocycles. The summed E-state index contributed by atoms with van der Waals surface area (Å²) in [5.74, 6) is -0.207. The van der Waals surface area contributed by atoms with E-state index in [-0.39, 0.29) is 11.9 Å². The number of rotatable bonds is 4. The molecule has 2 aliphatic rings. The summed E-state index contributed by atoms with van der Waals surface area (Å²) in [7, 11) is 2.16. The van der Waals surface area contributed by atoms with Crippen molar-refractivity contribution in [2.75, 3.05) is 13.6 Å². The van der Waals surface area contributed by atoms with E-state index in [9.17, 15) is 4.79 Å². The lowest BCUT2D eigenvalue weighted by Crippen LogP contribution is -2.43. The molecule has 3 N–H and O–H groups in total. The summed E-state index contributed by atoms with van der Waals surface area (Å²) in [6, 6.07) is 1.16. The van der Waals surface area contributed by atoms with Crippen LogP contribution in [0.5, 0.6) is 0 Å². The summed E-state index contributed by atoms with van der Waals surface area (Å²) in [4.78, 5) is 13.3. The van der Waals surface area contributed by atoms with Gasteiger partial charge in [-0.15, -0.1) is 0 Å². The van der Waals surface area contributed by atoms with E-state index in [1.54, 1.807) is 0 Å². The highest BCUT2D eigenvalue weighted by Gasteiger charge is 2.32. The lowest BCUT2D eigenvalue weighted by Gasteiger charge is -2.21. The number of nitrogens with two attached hydrogens (primary N) is 1. The molecule has 1 aliphatic heterocycles. The van der Waals surface area contributed by atoms with E-state index in [0.29, 0.717) is 6.04 Å². The Labute approximate surface area is 84.8 Å². The van der Waals surface area contributed by atoms with Crippen molar-refractivity contribution in [2.45, 2.75) is 43.8 Å². The first-order valence-electron chi connectivity index (χ1n) is 5.42. The van der Waals surface area contributed by atoms with Crippen LogP contribution in [-0.4, -0.2) is 42.5 Å². The van der Waals surface area contributed by atoms with Gasteiger partial charge in [0.05, 0.1) is 6.04 Å². The number of carbonyl (C=O) groups is 1. The van der Waals surface area contributed by atoms with Crippen molar-refractivity contribution in [3.05, 3.63) is 0 Å². The molecule has 14 heavy (non-hydrogen) atoms. The van der Waals surface area contributed by atoms with Crippen LogP contribution in [0.2, 0.25) is 0 Å². The van der Waals surface area contributed by atoms with Crippen LogP contribution in [0.15, 0.2) is 0 Å². The summed E-state index contributed by atoms with van der Waals surface area (Å²) in [6.07, 6.45) is 4.65. The van der Waals surface area contributed by atoms with Crippen LogP contribution in [0.1, 0.15) is 25.7 Å². The number of hydrogen-bond acceptors (Lipinski definition) is 3. The largest absolute Gasteiger partial charge is 0.368 e. The standard InChI is InChI=1S/C10H19N3O/c1-13(8-3-4-8)6-7-2-5-9(12-7)10(11)14/h7-9,12H,2-6H2,1H3,(H2,11,14). The number of primary amides is 1. The van der Waals surface area contributed by atoms with E-state index in [1.165, 1.54) is 12.8 Å². The van der Waals surface area contributed by atoms with Gasteiger partial charge in [-0.3, -0.25) is 4.79 Å². The average molecular weight is 197 g/mol. The maximum absolute atomic E-state index is 10.9. The quantitative estimate of drug-likeness (QED) is 0.650. The second-order valence-electron chi connectivity index (χ2n) is 4.57. The van der Waals surface area contributed by atoms with Crippen molar-refractivity contribution in [1.82, 2.24) is 10.2 Å². The van der Waals surface area contributed by atoms with E-state index in [2.05, 4.69) is 17.3 Å². The molecule has 2 atom stereocenters. The molecule has 0 aromatic carbocycles. The minimum Gasteiger partial charge on any atom is -0.368 e. The molecule has 0 aromatic rings. The number of nitrogens with zero attached hydrogens (tertiary/aromatic N) is 1. The van der Waals surface area contributed by atoms with Gasteiger partial charge in [-0.1, -0.05) is 0 Å². The Morgan fingerprint density at radius 2 is 2.14 bits per heavy atom. The minimum absolute atomic E-state index is 0.0902. The topological polar surface area (TPSA) is 58.4 Å². The van der Waals surface area contributed by atoms with Crippen LogP contribution in [0.25, 0.3) is 0 Å². The number of carbonyl (C=O) groups excluding carboxylic acids is 1. The van der Waals surface area contributed by atoms with Gasteiger partial charge < -0.3 is 16.0 Å². The van der Waals surface area contributed by atoms with Crippen LogP contribution < -0.4 is 11.1 Å². The van der Waals surface area contributed by atoms with Crippen molar-refractivity contribution in [3.8, 4) is 0 Å². The third-order valence-corrected chi connectivity index (χ3v) is 3.26. The minimum atomic E-state index is -0.207. The molecule has 1 amide bonds. The summed E-state index contributed by atoms with van der Waals surface area (Å²) >= 11 is 0. The zero-order chi connectivity index (χ0) is 10.1. The first kappa shape index (κ1) is 9.93. The van der Waals surface area contributed by atoms with Gasteiger partial charge in [0.15, 0.2) is 0 Å². The van der Waals surface area contributed by atoms with Crippen LogP contribution in [0.3, 0.4) is 0 Å². The highest BCUT2D eigenvalue weighted by atomic mass is 16.1. The lowest BCUT2D eigenvalue weighted by atomic mass is 10.2. The molecule has 80 valence electrons. The molecule has 1 aliphatic carbocycles. The van der Waals surface area contributed by atoms with Crippen molar-refractivity contribution in [1.29, 1.82) is 0 Å². The first-order valence-corrected chi connectivity index (χ1v) is 5.42. The molecule has 1 saturated carbocycles. The Bertz CT molecular complexity index is 227. The third kappa shape index (κ3) is 2.25. The fraction of sp³-hybridized carbons (Fsp3) is 0.900. The highest BCUT2D eigenvalue weighted by Crippen LogP contribution is 2.26. The second-order valence-corrected chi connectivity index (χ2v) is 4.57. The van der Waals surface area contributed by atoms with Gasteiger partial charge in [0.2, 0.25) is 5.91 Å². The molecule has 0 radical (unpaired) electrons. The second kappa shape index (κ2) is 3.87. The molecular formula is C10H19N3O. The van der Waals surface area contributed by atoms with Crippen LogP contribution >= 0.6 is 0 Å². The summed E-state index contributed by atoms with van der Waals surface area (Å²) in [5, 5.41) is 3.29. The Morgan fingerprint density at radius 3 is 2.64 bits per heavy atom. The van der Waals surface area contributed by atoms with Crippen LogP contribution in [0.4, 0.5) is 0 Å². The van der Waals surface area contributed by atoms with E-state index >= 15 is 0 Å². The molecule has 0 spiro atoms. The Balaban J connectivity index is 1.74. The van der Waals surface area contributed by atoms with Gasteiger partial charge in [-0.2, -0.15) is 0 Å². The molecule has 2 rings (SSSR count). The van der Waals surface area contributed by atoms with Crippen molar-refractivity contribution >= 4 is 5.91 Å². The highest BCUT2D eigenvalue weighted by molar-refractivity contribution is 5.80. The van der Waals surface area contributed by atoms with Gasteiger partial charge in [0.1, 0.15) is 0 Å². The Hall–Kier alpha value is -0.610. The van der Waals surface area contributed by atoms with E-state index in [0.717, 1.165) is 25.4 Å². The maximum Gasteiger partial charge on any atom is 0.234 e. The third-order valence-electron chi connectivity index (χ3n) is 3.26. The lowest BCUT2D eigenvalue weighted by molar-refractivity contribution is -0.119. The zero-order valence-corrected chi connectivity index (χ0v) is 8.70. The van der Waals surface area contributed by atoms with Crippen molar-refractivity contribution < 1.29 is 4.79 Å². The fourth-order valence-electron chi connectivity index (χ4n) is 2.20. The molecule has 1 saturated heterocycles. The summed E-state index contributed by atoms with van der Waals surface area (Å²) < 4.78 is 0. The zero-order valence-electron chi connectivity index (χ0n) is 8.70. The van der Waals surface area contributed by atoms with E-state index < -0.39 is 0 Å². The smallest absolute Gasteiger partial charge is 0.234 e. The maximum atomic E-state index is 10.9. The van der Waals surface area contributed by atoms with Gasteiger partial charge in [-0.25, -0.2) is 0 Å². The van der Waals surface area contributed by atoms with Crippen molar-refractivity contribution in [2.24, 2.45) is 5.73 Å². The van der Waals surface area contributed by atoms with E-state index in [4.69, 9.17) is 5.73 Å². The van der Waals surface area contributed by atoms with Gasteiger partial charge >= 0.3 is 0 Å². The number of hydrogen-bond donors (Lipinski definition) is 2. The summed E-state index contributed by atoms with van der Waals surface area (Å²) in [5.41, 5.74) is 5.25. The van der Waals surface area contributed by atoms with Gasteiger partial charge in [0, 0.05) is 18.6 Å². The fourth-order valence-corrected chi connectivity index (χ4v) is 2.20. The molecule has 4 nitrogen and oxygen atoms in total. The first-order chi connectivity index (χ1) is 6.66. The molecular weight excluding hydrogens is 178 g/mol. The van der Waals surface area contributed by atoms with Gasteiger partial charge in [-0.05, 0) is 32.7 Å². The number of amides is 1. The van der Waals surface area contributed by atoms with Crippen LogP contribution in [-0.2, 0) is 4.79 Å². The molecule has 2 unspecified atom stereocenters. The number of nitrogens with one attached hydrogen (secondary N) is 1. The Kier molecular flexibility index (Phi) is 2.74. The SMILES string of the molecule is CN(CC1CCC(C(N)=O)N1)C1CC1. The predicted molar refractivity (Wildman–Crippen MR) is 54.8 cm³/mol. The Morgan fingerprint density at radius 1 is 1.43 bits per heavy atom. The van der Waals surface area contributed by atoms with Crippen molar-refractivity contribution in [3.63, 3.8) is 0 Å². The molecule has 2 fully saturated rings. The average Bonchev–Trinajstić information content (AvgIpc) is 2.87. The predicted octanol–water partition coefficient (Wildman–Crippen LogP) is -0.313.